The van der Waals surface area contributed by atoms with Crippen molar-refractivity contribution in [3.05, 3.63) is 42.4 Å². The van der Waals surface area contributed by atoms with Crippen molar-refractivity contribution < 1.29 is 4.79 Å². The highest BCUT2D eigenvalue weighted by Crippen LogP contribution is 2.36. The van der Waals surface area contributed by atoms with Gasteiger partial charge >= 0.3 is 0 Å². The Balaban J connectivity index is 1.60. The Hall–Kier alpha value is -3.36. The molecule has 9 nitrogen and oxygen atoms in total. The highest BCUT2D eigenvalue weighted by Gasteiger charge is 2.28. The lowest BCUT2D eigenvalue weighted by molar-refractivity contribution is 0.102. The fraction of sp³-hybridized carbons (Fsp3) is 0.200. The minimum absolute atomic E-state index is 0.0869. The number of anilines is 2. The Morgan fingerprint density at radius 2 is 2.08 bits per heavy atom. The standard InChI is InChI=1S/C15H14N8O/c16-13-12(17-6-7-18-13)15(24)19-10-3-1-2-9(8-10)14-20-21-22-23(14)11-4-5-11/h1-3,6-8,11H,4-5H2,(H2,16,18)(H,19,24). The fourth-order valence-corrected chi connectivity index (χ4v) is 2.40. The molecule has 1 aromatic carbocycles. The maximum absolute atomic E-state index is 12.3. The molecule has 0 saturated heterocycles. The van der Waals surface area contributed by atoms with Crippen molar-refractivity contribution in [1.29, 1.82) is 0 Å². The van der Waals surface area contributed by atoms with E-state index in [1.807, 2.05) is 22.9 Å². The second kappa shape index (κ2) is 5.69. The number of nitrogens with two attached hydrogens (primary N) is 1. The van der Waals surface area contributed by atoms with Gasteiger partial charge in [0.2, 0.25) is 0 Å². The normalized spacial score (nSPS) is 13.7. The Morgan fingerprint density at radius 1 is 1.25 bits per heavy atom. The van der Waals surface area contributed by atoms with Crippen LogP contribution in [0.5, 0.6) is 0 Å². The molecule has 0 aliphatic heterocycles. The molecule has 0 spiro atoms. The van der Waals surface area contributed by atoms with Gasteiger partial charge in [0.25, 0.3) is 5.91 Å². The van der Waals surface area contributed by atoms with Crippen molar-refractivity contribution in [3.63, 3.8) is 0 Å². The van der Waals surface area contributed by atoms with E-state index in [0.29, 0.717) is 17.6 Å². The molecule has 1 aliphatic carbocycles. The molecular formula is C15H14N8O. The van der Waals surface area contributed by atoms with Gasteiger partial charge in [-0.1, -0.05) is 12.1 Å². The van der Waals surface area contributed by atoms with Crippen molar-refractivity contribution in [3.8, 4) is 11.4 Å². The van der Waals surface area contributed by atoms with Crippen molar-refractivity contribution in [1.82, 2.24) is 30.2 Å². The third kappa shape index (κ3) is 2.67. The summed E-state index contributed by atoms with van der Waals surface area (Å²) in [4.78, 5) is 20.1. The molecule has 2 aromatic heterocycles. The van der Waals surface area contributed by atoms with Crippen LogP contribution in [0.25, 0.3) is 11.4 Å². The first kappa shape index (κ1) is 14.2. The van der Waals surface area contributed by atoms with Crippen LogP contribution in [0.1, 0.15) is 29.4 Å². The molecule has 1 saturated carbocycles. The second-order valence-corrected chi connectivity index (χ2v) is 5.50. The number of carbonyl (C=O) groups is 1. The van der Waals surface area contributed by atoms with Gasteiger partial charge in [0, 0.05) is 23.6 Å². The number of hydrogen-bond donors (Lipinski definition) is 2. The molecule has 120 valence electrons. The number of amides is 1. The molecule has 3 N–H and O–H groups in total. The molecule has 9 heteroatoms. The number of nitrogen functional groups attached to an aromatic ring is 1. The number of carbonyl (C=O) groups excluding carboxylic acids is 1. The van der Waals surface area contributed by atoms with Crippen molar-refractivity contribution in [2.24, 2.45) is 0 Å². The van der Waals surface area contributed by atoms with Crippen LogP contribution < -0.4 is 11.1 Å². The van der Waals surface area contributed by atoms with Crippen molar-refractivity contribution in [2.75, 3.05) is 11.1 Å². The minimum atomic E-state index is -0.417. The number of aromatic nitrogens is 6. The van der Waals surface area contributed by atoms with Gasteiger partial charge in [-0.05, 0) is 35.4 Å². The maximum Gasteiger partial charge on any atom is 0.278 e. The van der Waals surface area contributed by atoms with Gasteiger partial charge in [-0.3, -0.25) is 4.79 Å². The summed E-state index contributed by atoms with van der Waals surface area (Å²) in [5, 5.41) is 14.6. The number of hydrogen-bond acceptors (Lipinski definition) is 7. The van der Waals surface area contributed by atoms with Gasteiger partial charge in [-0.2, -0.15) is 0 Å². The molecule has 1 aliphatic rings. The molecule has 4 rings (SSSR count). The average Bonchev–Trinajstić information content (AvgIpc) is 3.32. The highest BCUT2D eigenvalue weighted by atomic mass is 16.1. The number of nitrogens with one attached hydrogen (secondary N) is 1. The van der Waals surface area contributed by atoms with Gasteiger partial charge < -0.3 is 11.1 Å². The fourth-order valence-electron chi connectivity index (χ4n) is 2.40. The van der Waals surface area contributed by atoms with E-state index in [-0.39, 0.29) is 11.5 Å². The summed E-state index contributed by atoms with van der Waals surface area (Å²) in [6, 6.07) is 7.69. The monoisotopic (exact) mass is 322 g/mol. The third-order valence-corrected chi connectivity index (χ3v) is 3.71. The van der Waals surface area contributed by atoms with Crippen LogP contribution >= 0.6 is 0 Å². The molecule has 1 amide bonds. The summed E-state index contributed by atoms with van der Waals surface area (Å²) in [6.07, 6.45) is 5.02. The lowest BCUT2D eigenvalue weighted by Crippen LogP contribution is -2.16. The third-order valence-electron chi connectivity index (χ3n) is 3.71. The molecular weight excluding hydrogens is 308 g/mol. The number of benzene rings is 1. The molecule has 0 unspecified atom stereocenters. The zero-order valence-electron chi connectivity index (χ0n) is 12.6. The van der Waals surface area contributed by atoms with Crippen LogP contribution in [0.2, 0.25) is 0 Å². The molecule has 0 atom stereocenters. The summed E-state index contributed by atoms with van der Waals surface area (Å²) in [5.41, 5.74) is 7.20. The van der Waals surface area contributed by atoms with Crippen LogP contribution in [-0.2, 0) is 0 Å². The summed E-state index contributed by atoms with van der Waals surface area (Å²) >= 11 is 0. The molecule has 2 heterocycles. The van der Waals surface area contributed by atoms with E-state index in [0.717, 1.165) is 18.4 Å². The van der Waals surface area contributed by atoms with Gasteiger partial charge in [0.05, 0.1) is 6.04 Å². The van der Waals surface area contributed by atoms with Crippen LogP contribution in [-0.4, -0.2) is 36.1 Å². The van der Waals surface area contributed by atoms with Gasteiger partial charge in [-0.15, -0.1) is 5.10 Å². The Morgan fingerprint density at radius 3 is 2.88 bits per heavy atom. The number of rotatable bonds is 4. The Kier molecular flexibility index (Phi) is 3.38. The van der Waals surface area contributed by atoms with Crippen LogP contribution in [0, 0.1) is 0 Å². The van der Waals surface area contributed by atoms with Crippen LogP contribution in [0.15, 0.2) is 36.7 Å². The van der Waals surface area contributed by atoms with E-state index in [9.17, 15) is 4.79 Å². The van der Waals surface area contributed by atoms with E-state index in [2.05, 4.69) is 30.8 Å². The van der Waals surface area contributed by atoms with Crippen LogP contribution in [0.3, 0.4) is 0 Å². The average molecular weight is 322 g/mol. The van der Waals surface area contributed by atoms with Gasteiger partial charge in [-0.25, -0.2) is 14.6 Å². The molecule has 0 bridgehead atoms. The summed E-state index contributed by atoms with van der Waals surface area (Å²) < 4.78 is 1.82. The summed E-state index contributed by atoms with van der Waals surface area (Å²) in [7, 11) is 0. The number of nitrogens with zero attached hydrogens (tertiary/aromatic N) is 6. The van der Waals surface area contributed by atoms with Gasteiger partial charge in [0.1, 0.15) is 0 Å². The highest BCUT2D eigenvalue weighted by molar-refractivity contribution is 6.05. The van der Waals surface area contributed by atoms with E-state index in [1.54, 1.807) is 6.07 Å². The Bertz CT molecular complexity index is 902. The molecule has 0 radical (unpaired) electrons. The lowest BCUT2D eigenvalue weighted by Gasteiger charge is -2.08. The summed E-state index contributed by atoms with van der Waals surface area (Å²) in [6.45, 7) is 0. The van der Waals surface area contributed by atoms with Crippen molar-refractivity contribution >= 4 is 17.4 Å². The first-order chi connectivity index (χ1) is 11.7. The van der Waals surface area contributed by atoms with E-state index >= 15 is 0 Å². The largest absolute Gasteiger partial charge is 0.382 e. The zero-order valence-corrected chi connectivity index (χ0v) is 12.6. The smallest absolute Gasteiger partial charge is 0.278 e. The van der Waals surface area contributed by atoms with E-state index < -0.39 is 5.91 Å². The Labute approximate surface area is 136 Å². The first-order valence-corrected chi connectivity index (χ1v) is 7.48. The maximum atomic E-state index is 12.3. The zero-order chi connectivity index (χ0) is 16.5. The molecule has 3 aromatic rings. The minimum Gasteiger partial charge on any atom is -0.382 e. The molecule has 1 fully saturated rings. The van der Waals surface area contributed by atoms with Gasteiger partial charge in [0.15, 0.2) is 17.3 Å². The van der Waals surface area contributed by atoms with Crippen LogP contribution in [0.4, 0.5) is 11.5 Å². The van der Waals surface area contributed by atoms with E-state index in [1.165, 1.54) is 12.4 Å². The van der Waals surface area contributed by atoms with Crippen molar-refractivity contribution in [2.45, 2.75) is 18.9 Å². The van der Waals surface area contributed by atoms with E-state index in [4.69, 9.17) is 5.73 Å². The quantitative estimate of drug-likeness (QED) is 0.741. The first-order valence-electron chi connectivity index (χ1n) is 7.48. The predicted octanol–water partition coefficient (Wildman–Crippen LogP) is 1.30. The second-order valence-electron chi connectivity index (χ2n) is 5.50. The topological polar surface area (TPSA) is 124 Å². The number of tetrazole rings is 1. The summed E-state index contributed by atoms with van der Waals surface area (Å²) in [5.74, 6) is 0.357. The predicted molar refractivity (Wildman–Crippen MR) is 85.9 cm³/mol. The molecule has 24 heavy (non-hydrogen) atoms. The SMILES string of the molecule is Nc1nccnc1C(=O)Nc1cccc(-c2nnnn2C2CC2)c1. The lowest BCUT2D eigenvalue weighted by atomic mass is 10.2.